The molecule has 0 aliphatic heterocycles. The van der Waals surface area contributed by atoms with Crippen LogP contribution in [0.4, 0.5) is 17.6 Å². The normalized spacial score (nSPS) is 24.3. The Labute approximate surface area is 87.6 Å². The van der Waals surface area contributed by atoms with E-state index in [1.807, 2.05) is 0 Å². The van der Waals surface area contributed by atoms with Gasteiger partial charge in [0.25, 0.3) is 0 Å². The van der Waals surface area contributed by atoms with Crippen LogP contribution in [0.25, 0.3) is 0 Å². The number of carbonyl (C=O) groups is 2. The topological polar surface area (TPSA) is 66.4 Å². The number of rotatable bonds is 5. The number of hydrogen-bond acceptors (Lipinski definition) is 2. The second kappa shape index (κ2) is 4.26. The summed E-state index contributed by atoms with van der Waals surface area (Å²) in [4.78, 5) is 21.4. The molecule has 8 heteroatoms. The summed E-state index contributed by atoms with van der Waals surface area (Å²) < 4.78 is 48.1. The third-order valence-electron chi connectivity index (χ3n) is 2.26. The summed E-state index contributed by atoms with van der Waals surface area (Å²) in [5, 5.41) is 10.1. The Morgan fingerprint density at radius 2 is 1.94 bits per heavy atom. The fraction of sp³-hybridized carbons (Fsp3) is 0.750. The minimum absolute atomic E-state index is 0.0570. The first-order valence-corrected chi connectivity index (χ1v) is 4.42. The summed E-state index contributed by atoms with van der Waals surface area (Å²) in [5.41, 5.74) is 0. The van der Waals surface area contributed by atoms with Crippen LogP contribution in [-0.2, 0) is 9.59 Å². The van der Waals surface area contributed by atoms with E-state index < -0.39 is 42.6 Å². The molecule has 1 saturated carbocycles. The van der Waals surface area contributed by atoms with Gasteiger partial charge in [-0.05, 0) is 6.42 Å². The molecule has 0 heterocycles. The van der Waals surface area contributed by atoms with Crippen molar-refractivity contribution >= 4 is 11.9 Å². The molecule has 0 aromatic rings. The molecule has 16 heavy (non-hydrogen) atoms. The van der Waals surface area contributed by atoms with E-state index in [4.69, 9.17) is 5.11 Å². The minimum atomic E-state index is -4.29. The average molecular weight is 243 g/mol. The van der Waals surface area contributed by atoms with Crippen molar-refractivity contribution in [1.82, 2.24) is 5.32 Å². The fourth-order valence-electron chi connectivity index (χ4n) is 1.17. The van der Waals surface area contributed by atoms with E-state index in [2.05, 4.69) is 0 Å². The number of hydrogen-bond donors (Lipinski definition) is 2. The molecule has 2 atom stereocenters. The van der Waals surface area contributed by atoms with Gasteiger partial charge in [0.05, 0.1) is 18.4 Å². The van der Waals surface area contributed by atoms with Crippen molar-refractivity contribution in [2.24, 2.45) is 11.8 Å². The first-order valence-electron chi connectivity index (χ1n) is 4.42. The Morgan fingerprint density at radius 3 is 2.31 bits per heavy atom. The summed E-state index contributed by atoms with van der Waals surface area (Å²) in [6.07, 6.45) is -3.80. The molecule has 92 valence electrons. The first kappa shape index (κ1) is 12.7. The minimum Gasteiger partial charge on any atom is -0.481 e. The van der Waals surface area contributed by atoms with Crippen molar-refractivity contribution in [2.75, 3.05) is 6.54 Å². The lowest BCUT2D eigenvalue weighted by Gasteiger charge is -2.15. The molecule has 0 spiro atoms. The predicted octanol–water partition coefficient (Wildman–Crippen LogP) is 0.724. The second-order valence-electron chi connectivity index (χ2n) is 3.57. The maximum absolute atomic E-state index is 12.4. The lowest BCUT2D eigenvalue weighted by atomic mass is 10.3. The van der Waals surface area contributed by atoms with Gasteiger partial charge in [0.15, 0.2) is 0 Å². The van der Waals surface area contributed by atoms with E-state index in [0.29, 0.717) is 0 Å². The zero-order chi connectivity index (χ0) is 12.5. The standard InChI is InChI=1S/C8H9F4NO3/c9-7(10)8(11,12)2-13-5(14)3-1-4(3)6(15)16/h3-4,7H,1-2H2,(H,13,14)(H,15,16)/t3-,4+/m1/s1. The highest BCUT2D eigenvalue weighted by atomic mass is 19.3. The molecule has 0 aromatic heterocycles. The zero-order valence-corrected chi connectivity index (χ0v) is 7.92. The molecular formula is C8H9F4NO3. The Morgan fingerprint density at radius 1 is 1.38 bits per heavy atom. The van der Waals surface area contributed by atoms with E-state index in [-0.39, 0.29) is 6.42 Å². The molecule has 1 rings (SSSR count). The molecule has 1 aliphatic rings. The molecule has 1 amide bonds. The van der Waals surface area contributed by atoms with Gasteiger partial charge in [0.2, 0.25) is 5.91 Å². The fourth-order valence-corrected chi connectivity index (χ4v) is 1.17. The smallest absolute Gasteiger partial charge is 0.324 e. The Balaban J connectivity index is 2.35. The molecule has 4 nitrogen and oxygen atoms in total. The van der Waals surface area contributed by atoms with Crippen molar-refractivity contribution in [3.63, 3.8) is 0 Å². The van der Waals surface area contributed by atoms with E-state index in [1.165, 1.54) is 0 Å². The van der Waals surface area contributed by atoms with E-state index in [0.717, 1.165) is 0 Å². The number of nitrogens with one attached hydrogen (secondary N) is 1. The molecule has 0 radical (unpaired) electrons. The highest BCUT2D eigenvalue weighted by Crippen LogP contribution is 2.38. The number of alkyl halides is 4. The number of carboxylic acid groups (broad SMARTS) is 1. The highest BCUT2D eigenvalue weighted by Gasteiger charge is 2.49. The molecule has 1 aliphatic carbocycles. The van der Waals surface area contributed by atoms with Crippen LogP contribution in [0.1, 0.15) is 6.42 Å². The maximum atomic E-state index is 12.4. The van der Waals surface area contributed by atoms with Crippen molar-refractivity contribution in [3.8, 4) is 0 Å². The SMILES string of the molecule is O=C(O)[C@H]1C[C@H]1C(=O)NCC(F)(F)C(F)F. The Bertz CT molecular complexity index is 308. The molecule has 2 N–H and O–H groups in total. The van der Waals surface area contributed by atoms with Gasteiger partial charge in [0, 0.05) is 0 Å². The predicted molar refractivity (Wildman–Crippen MR) is 43.2 cm³/mol. The average Bonchev–Trinajstić information content (AvgIpc) is 2.93. The molecule has 1 fully saturated rings. The number of carbonyl (C=O) groups excluding carboxylic acids is 1. The summed E-state index contributed by atoms with van der Waals surface area (Å²) in [7, 11) is 0. The quantitative estimate of drug-likeness (QED) is 0.699. The number of amides is 1. The van der Waals surface area contributed by atoms with Crippen LogP contribution < -0.4 is 5.32 Å². The van der Waals surface area contributed by atoms with Crippen LogP contribution in [-0.4, -0.2) is 35.9 Å². The van der Waals surface area contributed by atoms with Crippen molar-refractivity contribution in [2.45, 2.75) is 18.8 Å². The third kappa shape index (κ3) is 2.83. The van der Waals surface area contributed by atoms with Crippen LogP contribution in [0.3, 0.4) is 0 Å². The summed E-state index contributed by atoms with van der Waals surface area (Å²) in [6.45, 7) is -1.48. The molecule has 0 unspecified atom stereocenters. The van der Waals surface area contributed by atoms with Gasteiger partial charge in [0.1, 0.15) is 0 Å². The number of carboxylic acids is 1. The van der Waals surface area contributed by atoms with Crippen molar-refractivity contribution in [3.05, 3.63) is 0 Å². The van der Waals surface area contributed by atoms with Crippen LogP contribution in [0.5, 0.6) is 0 Å². The summed E-state index contributed by atoms with van der Waals surface area (Å²) in [6, 6.07) is 0. The van der Waals surface area contributed by atoms with E-state index in [1.54, 1.807) is 5.32 Å². The van der Waals surface area contributed by atoms with Gasteiger partial charge < -0.3 is 10.4 Å². The lowest BCUT2D eigenvalue weighted by molar-refractivity contribution is -0.142. The maximum Gasteiger partial charge on any atom is 0.324 e. The Hall–Kier alpha value is -1.34. The lowest BCUT2D eigenvalue weighted by Crippen LogP contribution is -2.42. The van der Waals surface area contributed by atoms with Crippen LogP contribution in [0, 0.1) is 11.8 Å². The monoisotopic (exact) mass is 243 g/mol. The molecular weight excluding hydrogens is 234 g/mol. The van der Waals surface area contributed by atoms with Crippen molar-refractivity contribution < 1.29 is 32.3 Å². The van der Waals surface area contributed by atoms with Gasteiger partial charge in [-0.3, -0.25) is 9.59 Å². The van der Waals surface area contributed by atoms with E-state index >= 15 is 0 Å². The molecule has 0 bridgehead atoms. The molecule has 0 aromatic carbocycles. The summed E-state index contributed by atoms with van der Waals surface area (Å²) in [5.74, 6) is -8.18. The van der Waals surface area contributed by atoms with Gasteiger partial charge in [-0.1, -0.05) is 0 Å². The van der Waals surface area contributed by atoms with Crippen molar-refractivity contribution in [1.29, 1.82) is 0 Å². The second-order valence-corrected chi connectivity index (χ2v) is 3.57. The summed E-state index contributed by atoms with van der Waals surface area (Å²) >= 11 is 0. The van der Waals surface area contributed by atoms with Crippen LogP contribution >= 0.6 is 0 Å². The van der Waals surface area contributed by atoms with E-state index in [9.17, 15) is 27.2 Å². The third-order valence-corrected chi connectivity index (χ3v) is 2.26. The Kier molecular flexibility index (Phi) is 3.39. The van der Waals surface area contributed by atoms with Gasteiger partial charge in [-0.25, -0.2) is 8.78 Å². The van der Waals surface area contributed by atoms with Gasteiger partial charge in [-0.2, -0.15) is 8.78 Å². The van der Waals surface area contributed by atoms with Gasteiger partial charge >= 0.3 is 18.3 Å². The van der Waals surface area contributed by atoms with Gasteiger partial charge in [-0.15, -0.1) is 0 Å². The van der Waals surface area contributed by atoms with Crippen LogP contribution in [0.15, 0.2) is 0 Å². The number of halogens is 4. The zero-order valence-electron chi connectivity index (χ0n) is 7.92. The van der Waals surface area contributed by atoms with Crippen LogP contribution in [0.2, 0.25) is 0 Å². The molecule has 0 saturated heterocycles. The first-order chi connectivity index (χ1) is 7.25. The number of aliphatic carboxylic acids is 1. The highest BCUT2D eigenvalue weighted by molar-refractivity contribution is 5.89. The largest absolute Gasteiger partial charge is 0.481 e.